The lowest BCUT2D eigenvalue weighted by Crippen LogP contribution is -2.19. The summed E-state index contributed by atoms with van der Waals surface area (Å²) in [5, 5.41) is 10.3. The molecule has 0 radical (unpaired) electrons. The summed E-state index contributed by atoms with van der Waals surface area (Å²) in [5.74, 6) is 0.548. The number of nitrogens with one attached hydrogen (secondary N) is 3. The largest absolute Gasteiger partial charge is 0.335 e. The number of fused-ring (bicyclic) bond motifs is 2. The predicted molar refractivity (Wildman–Crippen MR) is 123 cm³/mol. The van der Waals surface area contributed by atoms with E-state index in [1.165, 1.54) is 0 Å². The third-order valence-corrected chi connectivity index (χ3v) is 4.90. The highest BCUT2D eigenvalue weighted by Crippen LogP contribution is 2.28. The maximum Gasteiger partial charge on any atom is 0.224 e. The summed E-state index contributed by atoms with van der Waals surface area (Å²) in [6.45, 7) is 6.09. The third kappa shape index (κ3) is 3.92. The second kappa shape index (κ2) is 7.52. The molecule has 9 heteroatoms. The molecule has 0 aromatic carbocycles. The van der Waals surface area contributed by atoms with Crippen LogP contribution in [0.3, 0.4) is 0 Å². The van der Waals surface area contributed by atoms with Gasteiger partial charge in [-0.25, -0.2) is 15.0 Å². The molecule has 5 rings (SSSR count). The van der Waals surface area contributed by atoms with Crippen LogP contribution in [-0.4, -0.2) is 41.0 Å². The number of hydrogen-bond acceptors (Lipinski definition) is 6. The first-order valence-corrected chi connectivity index (χ1v) is 10.3. The van der Waals surface area contributed by atoms with Gasteiger partial charge in [-0.1, -0.05) is 20.8 Å². The zero-order valence-electron chi connectivity index (χ0n) is 18.0. The average molecular weight is 426 g/mol. The number of anilines is 1. The Bertz CT molecular complexity index is 1410. The van der Waals surface area contributed by atoms with Crippen molar-refractivity contribution in [3.8, 4) is 22.8 Å². The number of aromatic amines is 2. The van der Waals surface area contributed by atoms with Gasteiger partial charge in [0.1, 0.15) is 5.52 Å². The number of H-pyrrole nitrogens is 2. The summed E-state index contributed by atoms with van der Waals surface area (Å²) in [6, 6.07) is 9.44. The molecular formula is C23H22N8O. The summed E-state index contributed by atoms with van der Waals surface area (Å²) < 4.78 is 0. The van der Waals surface area contributed by atoms with Crippen LogP contribution in [0, 0.1) is 5.41 Å². The van der Waals surface area contributed by atoms with Crippen molar-refractivity contribution < 1.29 is 4.79 Å². The molecule has 0 atom stereocenters. The molecule has 9 nitrogen and oxygen atoms in total. The van der Waals surface area contributed by atoms with Crippen molar-refractivity contribution in [3.63, 3.8) is 0 Å². The first-order chi connectivity index (χ1) is 15.4. The molecule has 5 aromatic heterocycles. The molecular weight excluding hydrogens is 404 g/mol. The minimum absolute atomic E-state index is 0.0459. The highest BCUT2D eigenvalue weighted by molar-refractivity contribution is 5.93. The van der Waals surface area contributed by atoms with Gasteiger partial charge < -0.3 is 10.3 Å². The quantitative estimate of drug-likeness (QED) is 0.393. The number of aromatic nitrogens is 7. The Balaban J connectivity index is 1.49. The van der Waals surface area contributed by atoms with Crippen molar-refractivity contribution in [1.29, 1.82) is 0 Å². The second-order valence-electron chi connectivity index (χ2n) is 8.87. The summed E-state index contributed by atoms with van der Waals surface area (Å²) in [7, 11) is 0. The standard InChI is InChI=1S/C23H22N8O/c1-23(2,3)10-18(32)26-14-9-13(11-24-12-14)15-6-7-16-19(27-15)20(31-30-16)22-28-17-5-4-8-25-21(17)29-22/h4-9,11-12H,10H2,1-3H3,(H,26,32)(H,30,31)(H,25,28,29). The van der Waals surface area contributed by atoms with E-state index in [-0.39, 0.29) is 11.3 Å². The van der Waals surface area contributed by atoms with E-state index in [1.807, 2.05) is 51.1 Å². The molecule has 0 spiro atoms. The van der Waals surface area contributed by atoms with E-state index >= 15 is 0 Å². The minimum Gasteiger partial charge on any atom is -0.335 e. The molecule has 0 aliphatic heterocycles. The van der Waals surface area contributed by atoms with Gasteiger partial charge in [0.25, 0.3) is 0 Å². The highest BCUT2D eigenvalue weighted by atomic mass is 16.1. The highest BCUT2D eigenvalue weighted by Gasteiger charge is 2.17. The first-order valence-electron chi connectivity index (χ1n) is 10.3. The van der Waals surface area contributed by atoms with Crippen LogP contribution >= 0.6 is 0 Å². The molecule has 1 amide bonds. The molecule has 5 heterocycles. The predicted octanol–water partition coefficient (Wildman–Crippen LogP) is 4.33. The number of nitrogens with zero attached hydrogens (tertiary/aromatic N) is 5. The molecule has 5 aromatic rings. The Labute approximate surface area is 183 Å². The molecule has 0 aliphatic rings. The van der Waals surface area contributed by atoms with Crippen LogP contribution in [0.15, 0.2) is 48.9 Å². The smallest absolute Gasteiger partial charge is 0.224 e. The van der Waals surface area contributed by atoms with Crippen LogP contribution in [0.2, 0.25) is 0 Å². The Morgan fingerprint density at radius 1 is 1.09 bits per heavy atom. The van der Waals surface area contributed by atoms with E-state index in [0.717, 1.165) is 16.6 Å². The van der Waals surface area contributed by atoms with E-state index in [0.29, 0.717) is 40.5 Å². The van der Waals surface area contributed by atoms with Crippen LogP contribution in [0.1, 0.15) is 27.2 Å². The summed E-state index contributed by atoms with van der Waals surface area (Å²) >= 11 is 0. The monoisotopic (exact) mass is 426 g/mol. The van der Waals surface area contributed by atoms with Gasteiger partial charge in [0.2, 0.25) is 5.91 Å². The average Bonchev–Trinajstić information content (AvgIpc) is 3.35. The van der Waals surface area contributed by atoms with Gasteiger partial charge in [-0.15, -0.1) is 0 Å². The minimum atomic E-state index is -0.0917. The third-order valence-electron chi connectivity index (χ3n) is 4.90. The zero-order chi connectivity index (χ0) is 22.3. The van der Waals surface area contributed by atoms with Crippen molar-refractivity contribution in [1.82, 2.24) is 35.1 Å². The Hall–Kier alpha value is -4.14. The molecule has 0 fully saturated rings. The van der Waals surface area contributed by atoms with Crippen LogP contribution in [0.4, 0.5) is 5.69 Å². The molecule has 160 valence electrons. The fourth-order valence-corrected chi connectivity index (χ4v) is 3.52. The number of rotatable bonds is 4. The summed E-state index contributed by atoms with van der Waals surface area (Å²) in [4.78, 5) is 33.4. The molecule has 3 N–H and O–H groups in total. The lowest BCUT2D eigenvalue weighted by atomic mass is 9.92. The lowest BCUT2D eigenvalue weighted by molar-refractivity contribution is -0.117. The number of imidazole rings is 1. The van der Waals surface area contributed by atoms with Crippen LogP contribution in [0.25, 0.3) is 45.0 Å². The molecule has 0 unspecified atom stereocenters. The lowest BCUT2D eigenvalue weighted by Gasteiger charge is -2.17. The van der Waals surface area contributed by atoms with Crippen molar-refractivity contribution >= 4 is 33.8 Å². The van der Waals surface area contributed by atoms with E-state index in [4.69, 9.17) is 4.98 Å². The summed E-state index contributed by atoms with van der Waals surface area (Å²) in [6.07, 6.45) is 5.48. The van der Waals surface area contributed by atoms with Crippen molar-refractivity contribution in [2.75, 3.05) is 5.32 Å². The van der Waals surface area contributed by atoms with Crippen LogP contribution in [-0.2, 0) is 4.79 Å². The molecule has 32 heavy (non-hydrogen) atoms. The maximum atomic E-state index is 12.3. The van der Waals surface area contributed by atoms with Crippen molar-refractivity contribution in [2.24, 2.45) is 5.41 Å². The fraction of sp³-hybridized carbons (Fsp3) is 0.217. The maximum absolute atomic E-state index is 12.3. The number of carbonyl (C=O) groups is 1. The zero-order valence-corrected chi connectivity index (χ0v) is 18.0. The van der Waals surface area contributed by atoms with Crippen LogP contribution in [0.5, 0.6) is 0 Å². The SMILES string of the molecule is CC(C)(C)CC(=O)Nc1cncc(-c2ccc3[nH]nc(-c4nc5ncccc5[nH]4)c3n2)c1. The van der Waals surface area contributed by atoms with Gasteiger partial charge in [-0.05, 0) is 35.7 Å². The van der Waals surface area contributed by atoms with E-state index in [2.05, 4.69) is 35.5 Å². The van der Waals surface area contributed by atoms with Gasteiger partial charge in [-0.3, -0.25) is 14.9 Å². The van der Waals surface area contributed by atoms with Gasteiger partial charge in [0.15, 0.2) is 17.2 Å². The van der Waals surface area contributed by atoms with Gasteiger partial charge in [0.05, 0.1) is 28.6 Å². The molecule has 0 bridgehead atoms. The number of hydrogen-bond donors (Lipinski definition) is 3. The van der Waals surface area contributed by atoms with E-state index in [9.17, 15) is 4.79 Å². The number of pyridine rings is 3. The summed E-state index contributed by atoms with van der Waals surface area (Å²) in [5.41, 5.74) is 5.59. The van der Waals surface area contributed by atoms with Gasteiger partial charge in [0, 0.05) is 24.4 Å². The Morgan fingerprint density at radius 2 is 1.97 bits per heavy atom. The van der Waals surface area contributed by atoms with Crippen molar-refractivity contribution in [3.05, 3.63) is 48.9 Å². The molecule has 0 saturated heterocycles. The van der Waals surface area contributed by atoms with Gasteiger partial charge >= 0.3 is 0 Å². The van der Waals surface area contributed by atoms with E-state index in [1.54, 1.807) is 18.6 Å². The topological polar surface area (TPSA) is 125 Å². The molecule has 0 saturated carbocycles. The van der Waals surface area contributed by atoms with Crippen LogP contribution < -0.4 is 5.32 Å². The fourth-order valence-electron chi connectivity index (χ4n) is 3.52. The molecule has 0 aliphatic carbocycles. The van der Waals surface area contributed by atoms with E-state index < -0.39 is 0 Å². The second-order valence-corrected chi connectivity index (χ2v) is 8.87. The first kappa shape index (κ1) is 19.8. The Morgan fingerprint density at radius 3 is 2.78 bits per heavy atom. The number of carbonyl (C=O) groups excluding carboxylic acids is 1. The normalized spacial score (nSPS) is 11.8. The number of amides is 1. The van der Waals surface area contributed by atoms with Crippen molar-refractivity contribution in [2.45, 2.75) is 27.2 Å². The van der Waals surface area contributed by atoms with Gasteiger partial charge in [-0.2, -0.15) is 5.10 Å². The Kier molecular flexibility index (Phi) is 4.66.